The van der Waals surface area contributed by atoms with Gasteiger partial charge in [0.15, 0.2) is 0 Å². The van der Waals surface area contributed by atoms with E-state index in [2.05, 4.69) is 15.5 Å². The van der Waals surface area contributed by atoms with Crippen molar-refractivity contribution in [1.29, 1.82) is 0 Å². The summed E-state index contributed by atoms with van der Waals surface area (Å²) in [5, 5.41) is 14.0. The number of carbonyl (C=O) groups is 3. The second-order valence-electron chi connectivity index (χ2n) is 9.65. The molecule has 3 fully saturated rings. The van der Waals surface area contributed by atoms with Crippen LogP contribution in [0.1, 0.15) is 31.2 Å². The van der Waals surface area contributed by atoms with E-state index in [0.717, 1.165) is 25.5 Å². The van der Waals surface area contributed by atoms with Crippen LogP contribution in [0.25, 0.3) is 0 Å². The number of aliphatic hydroxyl groups excluding tert-OH is 1. The Labute approximate surface area is 207 Å². The van der Waals surface area contributed by atoms with Gasteiger partial charge in [0.1, 0.15) is 12.6 Å². The highest BCUT2D eigenvalue weighted by Crippen LogP contribution is 2.39. The summed E-state index contributed by atoms with van der Waals surface area (Å²) >= 11 is 0. The zero-order valence-corrected chi connectivity index (χ0v) is 20.0. The van der Waals surface area contributed by atoms with E-state index in [0.29, 0.717) is 45.2 Å². The summed E-state index contributed by atoms with van der Waals surface area (Å²) in [5.41, 5.74) is -0.453. The van der Waals surface area contributed by atoms with Crippen LogP contribution >= 0.6 is 0 Å². The molecule has 1 aromatic carbocycles. The highest BCUT2D eigenvalue weighted by molar-refractivity contribution is 6.01. The molecule has 0 radical (unpaired) electrons. The van der Waals surface area contributed by atoms with Crippen LogP contribution in [-0.2, 0) is 20.6 Å². The molecule has 0 saturated carbocycles. The predicted molar refractivity (Wildman–Crippen MR) is 126 cm³/mol. The molecule has 3 aliphatic rings. The second-order valence-corrected chi connectivity index (χ2v) is 9.65. The topological polar surface area (TPSA) is 105 Å². The van der Waals surface area contributed by atoms with Gasteiger partial charge in [-0.15, -0.1) is 0 Å². The van der Waals surface area contributed by atoms with Crippen LogP contribution in [-0.4, -0.2) is 91.1 Å². The molecule has 1 aromatic rings. The molecule has 4 rings (SSSR count). The first-order valence-corrected chi connectivity index (χ1v) is 12.3. The minimum absolute atomic E-state index is 0.117. The molecule has 3 amide bonds. The van der Waals surface area contributed by atoms with E-state index in [9.17, 15) is 27.6 Å². The van der Waals surface area contributed by atoms with E-state index in [-0.39, 0.29) is 36.0 Å². The Balaban J connectivity index is 1.35. The quantitative estimate of drug-likeness (QED) is 0.494. The van der Waals surface area contributed by atoms with Gasteiger partial charge in [-0.05, 0) is 43.4 Å². The zero-order valence-electron chi connectivity index (χ0n) is 20.0. The molecule has 1 atom stereocenters. The Hall–Kier alpha value is -2.86. The molecule has 3 saturated heterocycles. The molecular formula is C24H32F3N5O4. The number of amides is 3. The van der Waals surface area contributed by atoms with Gasteiger partial charge in [0.25, 0.3) is 0 Å². The number of imide groups is 1. The maximum absolute atomic E-state index is 14.0. The lowest BCUT2D eigenvalue weighted by Gasteiger charge is -2.40. The van der Waals surface area contributed by atoms with Gasteiger partial charge in [0.05, 0.1) is 5.56 Å². The van der Waals surface area contributed by atoms with Crippen molar-refractivity contribution in [1.82, 2.24) is 15.1 Å². The van der Waals surface area contributed by atoms with Crippen LogP contribution in [0.3, 0.4) is 0 Å². The van der Waals surface area contributed by atoms with Crippen LogP contribution in [0.2, 0.25) is 0 Å². The van der Waals surface area contributed by atoms with Crippen LogP contribution in [0.5, 0.6) is 0 Å². The van der Waals surface area contributed by atoms with E-state index in [4.69, 9.17) is 5.11 Å². The molecule has 198 valence electrons. The Morgan fingerprint density at radius 2 is 1.75 bits per heavy atom. The number of likely N-dealkylation sites (tertiary alicyclic amines) is 1. The summed E-state index contributed by atoms with van der Waals surface area (Å²) in [5.74, 6) is -0.750. The van der Waals surface area contributed by atoms with Crippen LogP contribution in [0.15, 0.2) is 18.2 Å². The normalized spacial score (nSPS) is 22.5. The average Bonchev–Trinajstić information content (AvgIpc) is 2.86. The number of nitrogens with one attached hydrogen (secondary N) is 2. The third-order valence-corrected chi connectivity index (χ3v) is 7.21. The van der Waals surface area contributed by atoms with Gasteiger partial charge in [-0.1, -0.05) is 0 Å². The fourth-order valence-corrected chi connectivity index (χ4v) is 5.16. The minimum atomic E-state index is -4.56. The molecule has 9 nitrogen and oxygen atoms in total. The highest BCUT2D eigenvalue weighted by Gasteiger charge is 2.37. The Bertz CT molecular complexity index is 973. The highest BCUT2D eigenvalue weighted by atomic mass is 19.4. The van der Waals surface area contributed by atoms with Gasteiger partial charge in [-0.3, -0.25) is 24.6 Å². The van der Waals surface area contributed by atoms with Gasteiger partial charge in [0.2, 0.25) is 17.7 Å². The molecule has 12 heteroatoms. The maximum atomic E-state index is 14.0. The van der Waals surface area contributed by atoms with Crippen molar-refractivity contribution in [2.24, 2.45) is 5.92 Å². The van der Waals surface area contributed by atoms with E-state index in [1.807, 2.05) is 0 Å². The van der Waals surface area contributed by atoms with Crippen molar-refractivity contribution >= 4 is 29.1 Å². The van der Waals surface area contributed by atoms with Crippen molar-refractivity contribution < 1.29 is 32.7 Å². The monoisotopic (exact) mass is 511 g/mol. The smallest absolute Gasteiger partial charge is 0.387 e. The SMILES string of the molecule is O=C1CCC(Nc2ccc(N3CCN(CC4CCN(C(=O)CO)CC4)CC3)c(C(F)(F)F)c2)C(=O)N1. The molecule has 0 aromatic heterocycles. The van der Waals surface area contributed by atoms with Crippen LogP contribution in [0.4, 0.5) is 24.5 Å². The van der Waals surface area contributed by atoms with Crippen LogP contribution in [0, 0.1) is 5.92 Å². The summed E-state index contributed by atoms with van der Waals surface area (Å²) in [6, 6.07) is 3.27. The number of alkyl halides is 3. The molecule has 3 heterocycles. The lowest BCUT2D eigenvalue weighted by molar-refractivity contribution is -0.137. The maximum Gasteiger partial charge on any atom is 0.418 e. The van der Waals surface area contributed by atoms with Crippen LogP contribution < -0.4 is 15.5 Å². The minimum Gasteiger partial charge on any atom is -0.387 e. The lowest BCUT2D eigenvalue weighted by Crippen LogP contribution is -2.49. The molecule has 0 spiro atoms. The number of halogens is 3. The molecule has 3 aliphatic heterocycles. The summed E-state index contributed by atoms with van der Waals surface area (Å²) in [4.78, 5) is 40.6. The van der Waals surface area contributed by atoms with Gasteiger partial charge in [-0.25, -0.2) is 0 Å². The van der Waals surface area contributed by atoms with Gasteiger partial charge >= 0.3 is 6.18 Å². The Morgan fingerprint density at radius 3 is 2.36 bits per heavy atom. The van der Waals surface area contributed by atoms with Gasteiger partial charge in [-0.2, -0.15) is 13.2 Å². The predicted octanol–water partition coefficient (Wildman–Crippen LogP) is 1.28. The third-order valence-electron chi connectivity index (χ3n) is 7.21. The zero-order chi connectivity index (χ0) is 25.9. The molecule has 1 unspecified atom stereocenters. The number of hydrogen-bond acceptors (Lipinski definition) is 7. The summed E-state index contributed by atoms with van der Waals surface area (Å²) in [6.07, 6.45) is -2.49. The average molecular weight is 512 g/mol. The first-order valence-electron chi connectivity index (χ1n) is 12.3. The fraction of sp³-hybridized carbons (Fsp3) is 0.625. The number of benzene rings is 1. The number of hydrogen-bond donors (Lipinski definition) is 3. The molecule has 0 bridgehead atoms. The van der Waals surface area contributed by atoms with Crippen molar-refractivity contribution in [2.75, 3.05) is 62.6 Å². The lowest BCUT2D eigenvalue weighted by atomic mass is 9.96. The standard InChI is InChI=1S/C24H32F3N5O4/c25-24(26,27)18-13-17(28-19-2-4-21(34)29-23(19)36)1-3-20(18)31-11-9-30(10-12-31)14-16-5-7-32(8-6-16)22(35)15-33/h1,3,13,16,19,28,33H,2,4-12,14-15H2,(H,29,34,36). The fourth-order valence-electron chi connectivity index (χ4n) is 5.16. The number of nitrogens with zero attached hydrogens (tertiary/aromatic N) is 3. The number of aliphatic hydroxyl groups is 1. The summed E-state index contributed by atoms with van der Waals surface area (Å²) < 4.78 is 41.9. The van der Waals surface area contributed by atoms with Crippen molar-refractivity contribution in [2.45, 2.75) is 37.9 Å². The van der Waals surface area contributed by atoms with Crippen molar-refractivity contribution in [3.63, 3.8) is 0 Å². The number of piperidine rings is 2. The first-order chi connectivity index (χ1) is 17.1. The number of rotatable bonds is 6. The molecule has 3 N–H and O–H groups in total. The third kappa shape index (κ3) is 6.28. The Kier molecular flexibility index (Phi) is 8.04. The van der Waals surface area contributed by atoms with E-state index < -0.39 is 30.3 Å². The van der Waals surface area contributed by atoms with Gasteiger partial charge in [0, 0.05) is 63.6 Å². The molecule has 0 aliphatic carbocycles. The number of anilines is 2. The largest absolute Gasteiger partial charge is 0.418 e. The van der Waals surface area contributed by atoms with E-state index in [1.54, 1.807) is 15.9 Å². The van der Waals surface area contributed by atoms with Crippen molar-refractivity contribution in [3.8, 4) is 0 Å². The summed E-state index contributed by atoms with van der Waals surface area (Å²) in [6.45, 7) is 3.83. The number of carbonyl (C=O) groups excluding carboxylic acids is 3. The van der Waals surface area contributed by atoms with E-state index in [1.165, 1.54) is 6.07 Å². The molecular weight excluding hydrogens is 479 g/mol. The second kappa shape index (κ2) is 11.0. The molecule has 36 heavy (non-hydrogen) atoms. The van der Waals surface area contributed by atoms with Gasteiger partial charge < -0.3 is 20.2 Å². The number of piperazine rings is 1. The first kappa shape index (κ1) is 26.2. The summed E-state index contributed by atoms with van der Waals surface area (Å²) in [7, 11) is 0. The Morgan fingerprint density at radius 1 is 1.06 bits per heavy atom. The van der Waals surface area contributed by atoms with Crippen molar-refractivity contribution in [3.05, 3.63) is 23.8 Å². The van der Waals surface area contributed by atoms with E-state index >= 15 is 0 Å².